The number of aromatic nitrogens is 2. The molecule has 0 radical (unpaired) electrons. The van der Waals surface area contributed by atoms with E-state index in [1.807, 2.05) is 42.5 Å². The van der Waals surface area contributed by atoms with Crippen LogP contribution in [0.1, 0.15) is 38.0 Å². The minimum absolute atomic E-state index is 0.247. The van der Waals surface area contributed by atoms with E-state index in [-0.39, 0.29) is 5.91 Å². The van der Waals surface area contributed by atoms with Crippen LogP contribution >= 0.6 is 11.8 Å². The highest BCUT2D eigenvalue weighted by Crippen LogP contribution is 2.27. The fraction of sp³-hybridized carbons (Fsp3) is 0.120. The lowest BCUT2D eigenvalue weighted by molar-refractivity contribution is 0.0729. The summed E-state index contributed by atoms with van der Waals surface area (Å²) in [7, 11) is 0. The van der Waals surface area contributed by atoms with E-state index in [2.05, 4.69) is 15.5 Å². The van der Waals surface area contributed by atoms with E-state index in [1.54, 1.807) is 43.3 Å². The highest BCUT2D eigenvalue weighted by Gasteiger charge is 2.16. The number of benzene rings is 3. The van der Waals surface area contributed by atoms with Gasteiger partial charge in [-0.15, -0.1) is 11.8 Å². The Labute approximate surface area is 195 Å². The Kier molecular flexibility index (Phi) is 7.16. The van der Waals surface area contributed by atoms with Gasteiger partial charge in [0.15, 0.2) is 5.82 Å². The Hall–Kier alpha value is -3.91. The summed E-state index contributed by atoms with van der Waals surface area (Å²) in [4.78, 5) is 30.3. The molecule has 33 heavy (non-hydrogen) atoms. The number of amides is 1. The molecule has 166 valence electrons. The van der Waals surface area contributed by atoms with Crippen LogP contribution in [0.5, 0.6) is 5.75 Å². The van der Waals surface area contributed by atoms with Crippen LogP contribution in [-0.4, -0.2) is 22.0 Å². The zero-order chi connectivity index (χ0) is 23.0. The summed E-state index contributed by atoms with van der Waals surface area (Å²) in [6.45, 7) is 2.14. The molecule has 1 aromatic heterocycles. The Balaban J connectivity index is 1.41. The van der Waals surface area contributed by atoms with E-state index in [0.717, 1.165) is 10.5 Å². The van der Waals surface area contributed by atoms with Crippen LogP contribution < -0.4 is 10.1 Å². The van der Waals surface area contributed by atoms with Crippen molar-refractivity contribution in [1.29, 1.82) is 0 Å². The molecule has 0 fully saturated rings. The maximum Gasteiger partial charge on any atom is 0.344 e. The van der Waals surface area contributed by atoms with Crippen molar-refractivity contribution in [2.75, 3.05) is 0 Å². The van der Waals surface area contributed by atoms with Crippen molar-refractivity contribution in [3.63, 3.8) is 0 Å². The van der Waals surface area contributed by atoms with Crippen LogP contribution in [-0.2, 0) is 12.3 Å². The van der Waals surface area contributed by atoms with Crippen LogP contribution in [0.2, 0.25) is 0 Å². The largest absolute Gasteiger partial charge is 0.423 e. The molecule has 3 aromatic carbocycles. The predicted octanol–water partition coefficient (Wildman–Crippen LogP) is 4.82. The van der Waals surface area contributed by atoms with Gasteiger partial charge in [0.2, 0.25) is 5.89 Å². The number of rotatable bonds is 8. The molecule has 0 unspecified atom stereocenters. The number of hydrogen-bond donors (Lipinski definition) is 1. The molecule has 0 aliphatic heterocycles. The molecule has 0 bridgehead atoms. The van der Waals surface area contributed by atoms with Crippen LogP contribution in [0.25, 0.3) is 0 Å². The van der Waals surface area contributed by atoms with Crippen molar-refractivity contribution in [3.05, 3.63) is 107 Å². The smallest absolute Gasteiger partial charge is 0.344 e. The zero-order valence-corrected chi connectivity index (χ0v) is 18.7. The van der Waals surface area contributed by atoms with Gasteiger partial charge in [-0.3, -0.25) is 4.79 Å². The van der Waals surface area contributed by atoms with Crippen LogP contribution in [0, 0.1) is 6.92 Å². The van der Waals surface area contributed by atoms with Gasteiger partial charge in [-0.25, -0.2) is 4.79 Å². The number of ether oxygens (including phenoxy) is 1. The molecule has 7 nitrogen and oxygen atoms in total. The first-order chi connectivity index (χ1) is 16.1. The SMILES string of the molecule is Cc1nc(CSc2ccccc2C(=O)Oc2cccc(C(=O)NCc3ccccc3)c2)no1. The lowest BCUT2D eigenvalue weighted by Crippen LogP contribution is -2.22. The summed E-state index contributed by atoms with van der Waals surface area (Å²) in [5, 5.41) is 6.74. The standard InChI is InChI=1S/C25H21N3O4S/c1-17-27-23(28-32-17)16-33-22-13-6-5-12-21(22)25(30)31-20-11-7-10-19(14-20)24(29)26-15-18-8-3-2-4-9-18/h2-14H,15-16H2,1H3,(H,26,29). The first-order valence-corrected chi connectivity index (χ1v) is 11.2. The average Bonchev–Trinajstić information content (AvgIpc) is 3.27. The normalized spacial score (nSPS) is 10.6. The van der Waals surface area contributed by atoms with Gasteiger partial charge in [0.05, 0.1) is 11.3 Å². The highest BCUT2D eigenvalue weighted by atomic mass is 32.2. The Morgan fingerprint density at radius 2 is 1.79 bits per heavy atom. The Bertz CT molecular complexity index is 1260. The van der Waals surface area contributed by atoms with Crippen molar-refractivity contribution < 1.29 is 18.8 Å². The van der Waals surface area contributed by atoms with Crippen molar-refractivity contribution >= 4 is 23.6 Å². The second-order valence-electron chi connectivity index (χ2n) is 7.10. The van der Waals surface area contributed by atoms with E-state index in [0.29, 0.717) is 40.9 Å². The maximum atomic E-state index is 12.9. The Morgan fingerprint density at radius 3 is 2.58 bits per heavy atom. The van der Waals surface area contributed by atoms with E-state index >= 15 is 0 Å². The van der Waals surface area contributed by atoms with Gasteiger partial charge in [-0.05, 0) is 35.9 Å². The monoisotopic (exact) mass is 459 g/mol. The molecule has 0 saturated carbocycles. The summed E-state index contributed by atoms with van der Waals surface area (Å²) in [5.41, 5.74) is 1.83. The van der Waals surface area contributed by atoms with E-state index < -0.39 is 5.97 Å². The third-order valence-corrected chi connectivity index (χ3v) is 5.71. The molecular weight excluding hydrogens is 438 g/mol. The maximum absolute atomic E-state index is 12.9. The molecule has 0 aliphatic carbocycles. The first kappa shape index (κ1) is 22.3. The number of aryl methyl sites for hydroxylation is 1. The third kappa shape index (κ3) is 6.08. The number of thioether (sulfide) groups is 1. The molecule has 1 heterocycles. The molecule has 0 spiro atoms. The minimum atomic E-state index is -0.510. The van der Waals surface area contributed by atoms with Crippen molar-refractivity contribution in [3.8, 4) is 5.75 Å². The van der Waals surface area contributed by atoms with E-state index in [9.17, 15) is 9.59 Å². The Morgan fingerprint density at radius 1 is 1.00 bits per heavy atom. The van der Waals surface area contributed by atoms with Gasteiger partial charge in [0, 0.05) is 23.9 Å². The van der Waals surface area contributed by atoms with Crippen LogP contribution in [0.4, 0.5) is 0 Å². The number of esters is 1. The quantitative estimate of drug-likeness (QED) is 0.229. The van der Waals surface area contributed by atoms with Crippen LogP contribution in [0.15, 0.2) is 88.3 Å². The molecule has 0 saturated heterocycles. The fourth-order valence-electron chi connectivity index (χ4n) is 3.05. The fourth-order valence-corrected chi connectivity index (χ4v) is 3.93. The molecule has 4 aromatic rings. The van der Waals surface area contributed by atoms with Crippen LogP contribution in [0.3, 0.4) is 0 Å². The van der Waals surface area contributed by atoms with Crippen molar-refractivity contribution in [1.82, 2.24) is 15.5 Å². The summed E-state index contributed by atoms with van der Waals surface area (Å²) >= 11 is 1.41. The van der Waals surface area contributed by atoms with Gasteiger partial charge >= 0.3 is 5.97 Å². The number of nitrogens with one attached hydrogen (secondary N) is 1. The zero-order valence-electron chi connectivity index (χ0n) is 17.9. The van der Waals surface area contributed by atoms with Gasteiger partial charge in [0.25, 0.3) is 5.91 Å². The molecule has 0 atom stereocenters. The summed E-state index contributed by atoms with van der Waals surface area (Å²) in [6.07, 6.45) is 0. The predicted molar refractivity (Wildman–Crippen MR) is 124 cm³/mol. The molecular formula is C25H21N3O4S. The highest BCUT2D eigenvalue weighted by molar-refractivity contribution is 7.98. The van der Waals surface area contributed by atoms with E-state index in [1.165, 1.54) is 11.8 Å². The third-order valence-electron chi connectivity index (χ3n) is 4.64. The minimum Gasteiger partial charge on any atom is -0.423 e. The van der Waals surface area contributed by atoms with Gasteiger partial charge in [-0.2, -0.15) is 4.98 Å². The van der Waals surface area contributed by atoms with Gasteiger partial charge < -0.3 is 14.6 Å². The second kappa shape index (κ2) is 10.6. The summed E-state index contributed by atoms with van der Waals surface area (Å²) < 4.78 is 10.6. The van der Waals surface area contributed by atoms with Crippen molar-refractivity contribution in [2.24, 2.45) is 0 Å². The van der Waals surface area contributed by atoms with E-state index in [4.69, 9.17) is 9.26 Å². The molecule has 4 rings (SSSR count). The van der Waals surface area contributed by atoms with Gasteiger partial charge in [-0.1, -0.05) is 53.7 Å². The number of carbonyl (C=O) groups is 2. The molecule has 1 N–H and O–H groups in total. The number of hydrogen-bond acceptors (Lipinski definition) is 7. The first-order valence-electron chi connectivity index (χ1n) is 10.2. The van der Waals surface area contributed by atoms with Gasteiger partial charge in [0.1, 0.15) is 5.75 Å². The lowest BCUT2D eigenvalue weighted by atomic mass is 10.2. The van der Waals surface area contributed by atoms with Crippen molar-refractivity contribution in [2.45, 2.75) is 24.1 Å². The number of carbonyl (C=O) groups excluding carboxylic acids is 2. The lowest BCUT2D eigenvalue weighted by Gasteiger charge is -2.10. The molecule has 8 heteroatoms. The topological polar surface area (TPSA) is 94.3 Å². The summed E-state index contributed by atoms with van der Waals surface area (Å²) in [5.74, 6) is 1.03. The average molecular weight is 460 g/mol. The molecule has 0 aliphatic rings. The summed E-state index contributed by atoms with van der Waals surface area (Å²) in [6, 6.07) is 23.3. The second-order valence-corrected chi connectivity index (χ2v) is 8.12. The molecule has 1 amide bonds. The number of nitrogens with zero attached hydrogens (tertiary/aromatic N) is 2.